The molecule has 0 heterocycles. The second-order valence-corrected chi connectivity index (χ2v) is 6.15. The molecule has 2 aromatic rings. The van der Waals surface area contributed by atoms with Gasteiger partial charge in [-0.1, -0.05) is 18.2 Å². The molecule has 2 rings (SSSR count). The zero-order valence-electron chi connectivity index (χ0n) is 16.7. The van der Waals surface area contributed by atoms with Gasteiger partial charge in [0.15, 0.2) is 11.5 Å². The Kier molecular flexibility index (Phi) is 7.63. The number of nitrogens with zero attached hydrogens (tertiary/aromatic N) is 1. The lowest BCUT2D eigenvalue weighted by Gasteiger charge is -2.15. The number of amides is 2. The number of likely N-dealkylation sites (N-methyl/N-ethyl adjacent to an activating group) is 1. The van der Waals surface area contributed by atoms with E-state index in [9.17, 15) is 9.59 Å². The van der Waals surface area contributed by atoms with Crippen molar-refractivity contribution >= 4 is 17.9 Å². The van der Waals surface area contributed by atoms with E-state index in [1.54, 1.807) is 44.3 Å². The number of carbonyl (C=O) groups is 2. The molecule has 6 heteroatoms. The number of benzene rings is 2. The van der Waals surface area contributed by atoms with E-state index < -0.39 is 0 Å². The minimum Gasteiger partial charge on any atom is -0.493 e. The maximum Gasteiger partial charge on any atom is 0.251 e. The van der Waals surface area contributed by atoms with E-state index >= 15 is 0 Å². The molecule has 0 saturated heterocycles. The highest BCUT2D eigenvalue weighted by Crippen LogP contribution is 2.28. The third-order valence-electron chi connectivity index (χ3n) is 4.15. The second kappa shape index (κ2) is 10.2. The van der Waals surface area contributed by atoms with Crippen LogP contribution in [0.1, 0.15) is 28.4 Å². The topological polar surface area (TPSA) is 67.9 Å². The van der Waals surface area contributed by atoms with Crippen LogP contribution in [0, 0.1) is 0 Å². The van der Waals surface area contributed by atoms with Crippen LogP contribution in [0.25, 0.3) is 6.08 Å². The molecule has 0 spiro atoms. The van der Waals surface area contributed by atoms with Gasteiger partial charge in [0.2, 0.25) is 5.91 Å². The van der Waals surface area contributed by atoms with Gasteiger partial charge in [0.25, 0.3) is 5.91 Å². The van der Waals surface area contributed by atoms with Crippen LogP contribution < -0.4 is 14.8 Å². The van der Waals surface area contributed by atoms with Crippen LogP contribution in [0.15, 0.2) is 48.5 Å². The molecule has 2 aromatic carbocycles. The van der Waals surface area contributed by atoms with Gasteiger partial charge in [0.1, 0.15) is 0 Å². The molecule has 0 aliphatic carbocycles. The average Bonchev–Trinajstić information content (AvgIpc) is 2.72. The van der Waals surface area contributed by atoms with Gasteiger partial charge in [-0.25, -0.2) is 0 Å². The number of ether oxygens (including phenoxy) is 2. The lowest BCUT2D eigenvalue weighted by Crippen LogP contribution is -2.24. The van der Waals surface area contributed by atoms with Gasteiger partial charge >= 0.3 is 0 Å². The van der Waals surface area contributed by atoms with Crippen molar-refractivity contribution in [2.75, 3.05) is 27.8 Å². The minimum atomic E-state index is -0.135. The molecular weight excluding hydrogens is 356 g/mol. The number of rotatable bonds is 8. The van der Waals surface area contributed by atoms with Crippen molar-refractivity contribution in [1.82, 2.24) is 10.2 Å². The first-order valence-corrected chi connectivity index (χ1v) is 9.03. The molecule has 0 radical (unpaired) electrons. The van der Waals surface area contributed by atoms with E-state index in [1.165, 1.54) is 6.08 Å². The standard InChI is InChI=1S/C22H26N2O4/c1-5-28-19-12-8-16(14-20(19)27-4)9-13-21(25)24(3)15-17-6-10-18(11-7-17)22(26)23-2/h6-14H,5,15H2,1-4H3,(H,23,26)/b13-9+. The summed E-state index contributed by atoms with van der Waals surface area (Å²) in [7, 11) is 4.91. The smallest absolute Gasteiger partial charge is 0.251 e. The number of hydrogen-bond donors (Lipinski definition) is 1. The Morgan fingerprint density at radius 3 is 2.43 bits per heavy atom. The highest BCUT2D eigenvalue weighted by atomic mass is 16.5. The summed E-state index contributed by atoms with van der Waals surface area (Å²) in [6, 6.07) is 12.7. The molecule has 0 saturated carbocycles. The zero-order chi connectivity index (χ0) is 20.5. The van der Waals surface area contributed by atoms with E-state index in [0.29, 0.717) is 30.2 Å². The van der Waals surface area contributed by atoms with Crippen LogP contribution in [0.3, 0.4) is 0 Å². The summed E-state index contributed by atoms with van der Waals surface area (Å²) < 4.78 is 10.8. The van der Waals surface area contributed by atoms with Crippen molar-refractivity contribution in [2.45, 2.75) is 13.5 Å². The van der Waals surface area contributed by atoms with Gasteiger partial charge in [0, 0.05) is 32.3 Å². The first kappa shape index (κ1) is 21.0. The van der Waals surface area contributed by atoms with E-state index in [2.05, 4.69) is 5.32 Å². The predicted molar refractivity (Wildman–Crippen MR) is 110 cm³/mol. The van der Waals surface area contributed by atoms with Crippen LogP contribution in [0.5, 0.6) is 11.5 Å². The quantitative estimate of drug-likeness (QED) is 0.713. The van der Waals surface area contributed by atoms with Crippen molar-refractivity contribution < 1.29 is 19.1 Å². The summed E-state index contributed by atoms with van der Waals surface area (Å²) in [6.45, 7) is 2.91. The molecule has 0 aromatic heterocycles. The van der Waals surface area contributed by atoms with Crippen LogP contribution in [-0.2, 0) is 11.3 Å². The Hall–Kier alpha value is -3.28. The summed E-state index contributed by atoms with van der Waals surface area (Å²) in [4.78, 5) is 25.6. The molecule has 0 aliphatic rings. The normalized spacial score (nSPS) is 10.6. The molecule has 0 aliphatic heterocycles. The number of hydrogen-bond acceptors (Lipinski definition) is 4. The Labute approximate surface area is 165 Å². The lowest BCUT2D eigenvalue weighted by atomic mass is 10.1. The van der Waals surface area contributed by atoms with Crippen molar-refractivity contribution in [1.29, 1.82) is 0 Å². The first-order chi connectivity index (χ1) is 13.5. The van der Waals surface area contributed by atoms with Crippen molar-refractivity contribution in [3.63, 3.8) is 0 Å². The highest BCUT2D eigenvalue weighted by molar-refractivity contribution is 5.94. The Morgan fingerprint density at radius 2 is 1.82 bits per heavy atom. The Balaban J connectivity index is 2.00. The Morgan fingerprint density at radius 1 is 1.11 bits per heavy atom. The summed E-state index contributed by atoms with van der Waals surface area (Å²) in [6.07, 6.45) is 3.26. The molecule has 2 amide bonds. The summed E-state index contributed by atoms with van der Waals surface area (Å²) >= 11 is 0. The fourth-order valence-electron chi connectivity index (χ4n) is 2.61. The maximum atomic E-state index is 12.4. The van der Waals surface area contributed by atoms with Gasteiger partial charge in [-0.2, -0.15) is 0 Å². The van der Waals surface area contributed by atoms with E-state index in [-0.39, 0.29) is 11.8 Å². The average molecular weight is 382 g/mol. The van der Waals surface area contributed by atoms with E-state index in [0.717, 1.165) is 11.1 Å². The molecule has 148 valence electrons. The zero-order valence-corrected chi connectivity index (χ0v) is 16.7. The molecule has 0 fully saturated rings. The van der Waals surface area contributed by atoms with Gasteiger partial charge in [0.05, 0.1) is 13.7 Å². The lowest BCUT2D eigenvalue weighted by molar-refractivity contribution is -0.125. The van der Waals surface area contributed by atoms with Crippen LogP contribution in [0.2, 0.25) is 0 Å². The molecule has 0 bridgehead atoms. The molecule has 28 heavy (non-hydrogen) atoms. The largest absolute Gasteiger partial charge is 0.493 e. The van der Waals surface area contributed by atoms with Gasteiger partial charge in [-0.3, -0.25) is 9.59 Å². The van der Waals surface area contributed by atoms with E-state index in [1.807, 2.05) is 37.3 Å². The van der Waals surface area contributed by atoms with Crippen molar-refractivity contribution in [2.24, 2.45) is 0 Å². The maximum absolute atomic E-state index is 12.4. The summed E-state index contributed by atoms with van der Waals surface area (Å²) in [5.74, 6) is 1.04. The number of carbonyl (C=O) groups excluding carboxylic acids is 2. The van der Waals surface area contributed by atoms with Gasteiger partial charge in [-0.15, -0.1) is 0 Å². The molecule has 0 unspecified atom stereocenters. The SMILES string of the molecule is CCOc1ccc(/C=C/C(=O)N(C)Cc2ccc(C(=O)NC)cc2)cc1OC. The fraction of sp³-hybridized carbons (Fsp3) is 0.273. The summed E-state index contributed by atoms with van der Waals surface area (Å²) in [5.41, 5.74) is 2.38. The monoisotopic (exact) mass is 382 g/mol. The molecular formula is C22H26N2O4. The highest BCUT2D eigenvalue weighted by Gasteiger charge is 2.08. The van der Waals surface area contributed by atoms with Gasteiger partial charge in [-0.05, 0) is 48.4 Å². The Bertz CT molecular complexity index is 844. The van der Waals surface area contributed by atoms with Crippen LogP contribution in [-0.4, -0.2) is 44.5 Å². The van der Waals surface area contributed by atoms with E-state index in [4.69, 9.17) is 9.47 Å². The third kappa shape index (κ3) is 5.61. The van der Waals surface area contributed by atoms with Crippen molar-refractivity contribution in [3.05, 3.63) is 65.2 Å². The molecule has 0 atom stereocenters. The van der Waals surface area contributed by atoms with Gasteiger partial charge < -0.3 is 19.7 Å². The van der Waals surface area contributed by atoms with Crippen LogP contribution >= 0.6 is 0 Å². The summed E-state index contributed by atoms with van der Waals surface area (Å²) in [5, 5.41) is 2.58. The predicted octanol–water partition coefficient (Wildman–Crippen LogP) is 3.13. The molecule has 6 nitrogen and oxygen atoms in total. The number of nitrogens with one attached hydrogen (secondary N) is 1. The molecule has 1 N–H and O–H groups in total. The van der Waals surface area contributed by atoms with Crippen molar-refractivity contribution in [3.8, 4) is 11.5 Å². The second-order valence-electron chi connectivity index (χ2n) is 6.15. The van der Waals surface area contributed by atoms with Crippen LogP contribution in [0.4, 0.5) is 0 Å². The minimum absolute atomic E-state index is 0.122. The fourth-order valence-corrected chi connectivity index (χ4v) is 2.61. The third-order valence-corrected chi connectivity index (χ3v) is 4.15. The first-order valence-electron chi connectivity index (χ1n) is 9.03. The number of methoxy groups -OCH3 is 1.